The largest absolute Gasteiger partial charge is 0.416 e. The van der Waals surface area contributed by atoms with Gasteiger partial charge in [0, 0.05) is 24.2 Å². The third kappa shape index (κ3) is 2.87. The van der Waals surface area contributed by atoms with Crippen LogP contribution >= 0.6 is 11.6 Å². The molecular weight excluding hydrogens is 299 g/mol. The van der Waals surface area contributed by atoms with Crippen LogP contribution < -0.4 is 4.90 Å². The second-order valence-corrected chi connectivity index (χ2v) is 6.33. The molecule has 2 fully saturated rings. The van der Waals surface area contributed by atoms with Gasteiger partial charge < -0.3 is 4.90 Å². The van der Waals surface area contributed by atoms with Gasteiger partial charge in [0.1, 0.15) is 0 Å². The van der Waals surface area contributed by atoms with Crippen LogP contribution in [0.3, 0.4) is 0 Å². The van der Waals surface area contributed by atoms with Crippen LogP contribution in [0.1, 0.15) is 43.2 Å². The highest BCUT2D eigenvalue weighted by molar-refractivity contribution is 6.17. The summed E-state index contributed by atoms with van der Waals surface area (Å²) in [6.07, 6.45) is 1.52. The maximum atomic E-state index is 13.2. The number of alkyl halides is 4. The molecule has 0 spiro atoms. The number of benzene rings is 1. The van der Waals surface area contributed by atoms with Crippen LogP contribution in [0.4, 0.5) is 18.9 Å². The van der Waals surface area contributed by atoms with Gasteiger partial charge in [0.2, 0.25) is 0 Å². The first-order valence-corrected chi connectivity index (χ1v) is 8.07. The summed E-state index contributed by atoms with van der Waals surface area (Å²) in [7, 11) is 0. The Bertz CT molecular complexity index is 515. The molecule has 0 radical (unpaired) electrons. The van der Waals surface area contributed by atoms with Gasteiger partial charge >= 0.3 is 6.18 Å². The van der Waals surface area contributed by atoms with E-state index >= 15 is 0 Å². The molecule has 0 N–H and O–H groups in total. The average Bonchev–Trinajstić information content (AvgIpc) is 2.89. The van der Waals surface area contributed by atoms with E-state index in [9.17, 15) is 13.2 Å². The van der Waals surface area contributed by atoms with E-state index in [1.165, 1.54) is 31.4 Å². The van der Waals surface area contributed by atoms with E-state index in [1.54, 1.807) is 6.07 Å². The van der Waals surface area contributed by atoms with Crippen LogP contribution in [0.25, 0.3) is 0 Å². The zero-order chi connectivity index (χ0) is 15.0. The molecule has 1 nitrogen and oxygen atoms in total. The molecule has 21 heavy (non-hydrogen) atoms. The lowest BCUT2D eigenvalue weighted by molar-refractivity contribution is -0.138. The van der Waals surface area contributed by atoms with Crippen molar-refractivity contribution in [2.75, 3.05) is 11.4 Å². The highest BCUT2D eigenvalue weighted by Crippen LogP contribution is 2.41. The molecule has 2 atom stereocenters. The number of rotatable bonds is 2. The molecule has 3 rings (SSSR count). The first kappa shape index (κ1) is 15.0. The quantitative estimate of drug-likeness (QED) is 0.676. The molecule has 1 aromatic carbocycles. The van der Waals surface area contributed by atoms with Crippen molar-refractivity contribution in [2.45, 2.75) is 50.2 Å². The summed E-state index contributed by atoms with van der Waals surface area (Å²) in [6, 6.07) is 5.03. The molecule has 5 heteroatoms. The minimum absolute atomic E-state index is 0.110. The molecular formula is C16H19ClF3N. The van der Waals surface area contributed by atoms with Gasteiger partial charge in [0.25, 0.3) is 0 Å². The first-order valence-electron chi connectivity index (χ1n) is 7.53. The van der Waals surface area contributed by atoms with E-state index in [-0.39, 0.29) is 11.4 Å². The van der Waals surface area contributed by atoms with Gasteiger partial charge in [-0.15, -0.1) is 11.6 Å². The Hall–Kier alpha value is -0.900. The molecule has 1 aromatic rings. The molecule has 1 aliphatic heterocycles. The molecule has 1 saturated heterocycles. The van der Waals surface area contributed by atoms with Crippen LogP contribution in [0.15, 0.2) is 18.2 Å². The Morgan fingerprint density at radius 1 is 1.14 bits per heavy atom. The summed E-state index contributed by atoms with van der Waals surface area (Å²) >= 11 is 5.65. The third-order valence-electron chi connectivity index (χ3n) is 4.88. The lowest BCUT2D eigenvalue weighted by Crippen LogP contribution is -2.34. The monoisotopic (exact) mass is 317 g/mol. The predicted octanol–water partition coefficient (Wildman–Crippen LogP) is 5.21. The number of hydrogen-bond donors (Lipinski definition) is 0. The number of halogens is 4. The average molecular weight is 318 g/mol. The predicted molar refractivity (Wildman–Crippen MR) is 78.7 cm³/mol. The summed E-state index contributed by atoms with van der Waals surface area (Å²) in [5.41, 5.74) is 0.271. The molecule has 1 heterocycles. The molecule has 1 saturated carbocycles. The normalized spacial score (nSPS) is 26.0. The van der Waals surface area contributed by atoms with Crippen molar-refractivity contribution >= 4 is 17.3 Å². The van der Waals surface area contributed by atoms with Crippen molar-refractivity contribution in [3.63, 3.8) is 0 Å². The van der Waals surface area contributed by atoms with Gasteiger partial charge in [-0.25, -0.2) is 0 Å². The van der Waals surface area contributed by atoms with E-state index in [0.717, 1.165) is 19.4 Å². The lowest BCUT2D eigenvalue weighted by atomic mass is 9.85. The van der Waals surface area contributed by atoms with Crippen molar-refractivity contribution in [1.82, 2.24) is 0 Å². The minimum Gasteiger partial charge on any atom is -0.368 e. The van der Waals surface area contributed by atoms with Crippen molar-refractivity contribution in [3.05, 3.63) is 29.3 Å². The van der Waals surface area contributed by atoms with Gasteiger partial charge in [0.15, 0.2) is 0 Å². The SMILES string of the molecule is FC(F)(F)c1cc(N2CCC3CCCCC32)ccc1CCl. The second kappa shape index (κ2) is 5.71. The van der Waals surface area contributed by atoms with Crippen LogP contribution in [0, 0.1) is 5.92 Å². The van der Waals surface area contributed by atoms with Gasteiger partial charge in [-0.1, -0.05) is 18.9 Å². The number of hydrogen-bond acceptors (Lipinski definition) is 1. The highest BCUT2D eigenvalue weighted by Gasteiger charge is 2.38. The molecule has 0 bridgehead atoms. The van der Waals surface area contributed by atoms with Crippen molar-refractivity contribution in [2.24, 2.45) is 5.92 Å². The van der Waals surface area contributed by atoms with Gasteiger partial charge in [-0.3, -0.25) is 0 Å². The zero-order valence-corrected chi connectivity index (χ0v) is 12.6. The van der Waals surface area contributed by atoms with Crippen molar-refractivity contribution < 1.29 is 13.2 Å². The molecule has 2 aliphatic rings. The zero-order valence-electron chi connectivity index (χ0n) is 11.8. The summed E-state index contributed by atoms with van der Waals surface area (Å²) in [5.74, 6) is 0.544. The van der Waals surface area contributed by atoms with E-state index in [2.05, 4.69) is 4.90 Å². The number of nitrogens with zero attached hydrogens (tertiary/aromatic N) is 1. The van der Waals surface area contributed by atoms with Crippen molar-refractivity contribution in [1.29, 1.82) is 0 Å². The lowest BCUT2D eigenvalue weighted by Gasteiger charge is -2.33. The molecule has 0 aromatic heterocycles. The Labute approximate surface area is 128 Å². The second-order valence-electron chi connectivity index (χ2n) is 6.07. The van der Waals surface area contributed by atoms with Crippen molar-refractivity contribution in [3.8, 4) is 0 Å². The van der Waals surface area contributed by atoms with Gasteiger partial charge in [0.05, 0.1) is 5.56 Å². The number of fused-ring (bicyclic) bond motifs is 1. The van der Waals surface area contributed by atoms with Crippen LogP contribution in [0.5, 0.6) is 0 Å². The standard InChI is InChI=1S/C16H19ClF3N/c17-10-12-5-6-13(9-14(12)16(18,19)20)21-8-7-11-3-1-2-4-15(11)21/h5-6,9,11,15H,1-4,7-8,10H2. The maximum Gasteiger partial charge on any atom is 0.416 e. The van der Waals surface area contributed by atoms with Gasteiger partial charge in [-0.2, -0.15) is 13.2 Å². The molecule has 1 aliphatic carbocycles. The Morgan fingerprint density at radius 2 is 1.90 bits per heavy atom. The molecule has 0 amide bonds. The maximum absolute atomic E-state index is 13.2. The first-order chi connectivity index (χ1) is 10.0. The summed E-state index contributed by atoms with van der Waals surface area (Å²) in [5, 5.41) is 0. The van der Waals surface area contributed by atoms with E-state index in [1.807, 2.05) is 0 Å². The smallest absolute Gasteiger partial charge is 0.368 e. The van der Waals surface area contributed by atoms with Crippen LogP contribution in [-0.2, 0) is 12.1 Å². The summed E-state index contributed by atoms with van der Waals surface area (Å²) < 4.78 is 39.5. The fourth-order valence-electron chi connectivity index (χ4n) is 3.85. The number of anilines is 1. The highest BCUT2D eigenvalue weighted by atomic mass is 35.5. The van der Waals surface area contributed by atoms with E-state index in [0.29, 0.717) is 17.6 Å². The fourth-order valence-corrected chi connectivity index (χ4v) is 4.08. The summed E-state index contributed by atoms with van der Waals surface area (Å²) in [6.45, 7) is 0.868. The Kier molecular flexibility index (Phi) is 4.08. The summed E-state index contributed by atoms with van der Waals surface area (Å²) in [4.78, 5) is 2.18. The van der Waals surface area contributed by atoms with Crippen LogP contribution in [-0.4, -0.2) is 12.6 Å². The Morgan fingerprint density at radius 3 is 2.62 bits per heavy atom. The van der Waals surface area contributed by atoms with E-state index < -0.39 is 11.7 Å². The molecule has 2 unspecified atom stereocenters. The fraction of sp³-hybridized carbons (Fsp3) is 0.625. The van der Waals surface area contributed by atoms with Crippen LogP contribution in [0.2, 0.25) is 0 Å². The molecule has 116 valence electrons. The third-order valence-corrected chi connectivity index (χ3v) is 5.17. The van der Waals surface area contributed by atoms with E-state index in [4.69, 9.17) is 11.6 Å². The van der Waals surface area contributed by atoms with Gasteiger partial charge in [-0.05, 0) is 42.9 Å². The Balaban J connectivity index is 1.92. The minimum atomic E-state index is -4.34. The topological polar surface area (TPSA) is 3.24 Å².